The van der Waals surface area contributed by atoms with Gasteiger partial charge in [0.25, 0.3) is 0 Å². The molecule has 0 bridgehead atoms. The summed E-state index contributed by atoms with van der Waals surface area (Å²) in [5, 5.41) is 5.91. The number of likely N-dealkylation sites (N-methyl/N-ethyl adjacent to an activating group) is 1. The molecule has 1 aromatic carbocycles. The number of carbonyl (C=O) groups excluding carboxylic acids is 2. The van der Waals surface area contributed by atoms with Gasteiger partial charge < -0.3 is 15.5 Å². The molecule has 0 saturated heterocycles. The number of hydrogen-bond acceptors (Lipinski definition) is 3. The summed E-state index contributed by atoms with van der Waals surface area (Å²) in [4.78, 5) is 25.3. The Kier molecular flexibility index (Phi) is 4.74. The van der Waals surface area contributed by atoms with E-state index >= 15 is 0 Å². The van der Waals surface area contributed by atoms with Gasteiger partial charge in [-0.05, 0) is 24.5 Å². The van der Waals surface area contributed by atoms with E-state index in [2.05, 4.69) is 16.7 Å². The third-order valence-corrected chi connectivity index (χ3v) is 3.71. The largest absolute Gasteiger partial charge is 0.346 e. The van der Waals surface area contributed by atoms with Gasteiger partial charge in [-0.15, -0.1) is 0 Å². The molecular weight excluding hydrogens is 254 g/mol. The fourth-order valence-corrected chi connectivity index (χ4v) is 2.24. The average Bonchev–Trinajstić information content (AvgIpc) is 2.50. The van der Waals surface area contributed by atoms with Crippen LogP contribution in [0.4, 0.5) is 0 Å². The van der Waals surface area contributed by atoms with E-state index < -0.39 is 0 Å². The second-order valence-corrected chi connectivity index (χ2v) is 5.03. The first-order valence-electron chi connectivity index (χ1n) is 6.93. The second kappa shape index (κ2) is 6.52. The van der Waals surface area contributed by atoms with Gasteiger partial charge in [0.05, 0.1) is 12.6 Å². The van der Waals surface area contributed by atoms with Gasteiger partial charge in [0.15, 0.2) is 0 Å². The highest BCUT2D eigenvalue weighted by Crippen LogP contribution is 2.16. The zero-order chi connectivity index (χ0) is 14.5. The van der Waals surface area contributed by atoms with Crippen LogP contribution in [0.25, 0.3) is 0 Å². The lowest BCUT2D eigenvalue weighted by Gasteiger charge is -2.25. The molecule has 1 aromatic rings. The second-order valence-electron chi connectivity index (χ2n) is 5.03. The minimum absolute atomic E-state index is 0.0585. The molecular formula is C15H21N3O2. The predicted molar refractivity (Wildman–Crippen MR) is 77.1 cm³/mol. The normalized spacial score (nSPS) is 17.2. The standard InChI is InChI=1S/C15H21N3O2/c1-3-18(2)14(19)10-17-15(20)13-8-11-6-4-5-7-12(11)9-16-13/h4-7,13,16H,3,8-10H2,1-2H3,(H,17,20)/t13-/m0/s1. The van der Waals surface area contributed by atoms with Crippen LogP contribution < -0.4 is 10.6 Å². The number of benzene rings is 1. The van der Waals surface area contributed by atoms with Crippen molar-refractivity contribution in [2.45, 2.75) is 25.9 Å². The predicted octanol–water partition coefficient (Wildman–Crippen LogP) is 0.295. The maximum absolute atomic E-state index is 12.1. The zero-order valence-electron chi connectivity index (χ0n) is 12.0. The van der Waals surface area contributed by atoms with Gasteiger partial charge in [0, 0.05) is 20.1 Å². The lowest BCUT2D eigenvalue weighted by molar-refractivity contribution is -0.132. The highest BCUT2D eigenvalue weighted by atomic mass is 16.2. The molecule has 108 valence electrons. The van der Waals surface area contributed by atoms with Crippen molar-refractivity contribution in [3.63, 3.8) is 0 Å². The molecule has 0 spiro atoms. The van der Waals surface area contributed by atoms with Crippen LogP contribution in [0.2, 0.25) is 0 Å². The molecule has 2 rings (SSSR count). The van der Waals surface area contributed by atoms with Crippen molar-refractivity contribution in [2.24, 2.45) is 0 Å². The van der Waals surface area contributed by atoms with Gasteiger partial charge in [-0.3, -0.25) is 9.59 Å². The Morgan fingerprint density at radius 2 is 2.05 bits per heavy atom. The van der Waals surface area contributed by atoms with Crippen molar-refractivity contribution < 1.29 is 9.59 Å². The first kappa shape index (κ1) is 14.5. The van der Waals surface area contributed by atoms with E-state index in [1.54, 1.807) is 11.9 Å². The Morgan fingerprint density at radius 3 is 2.75 bits per heavy atom. The quantitative estimate of drug-likeness (QED) is 0.830. The number of amides is 2. The third kappa shape index (κ3) is 3.36. The maximum Gasteiger partial charge on any atom is 0.241 e. The summed E-state index contributed by atoms with van der Waals surface area (Å²) in [5.41, 5.74) is 2.43. The summed E-state index contributed by atoms with van der Waals surface area (Å²) >= 11 is 0. The minimum Gasteiger partial charge on any atom is -0.346 e. The summed E-state index contributed by atoms with van der Waals surface area (Å²) < 4.78 is 0. The molecule has 0 saturated carbocycles. The number of hydrogen-bond donors (Lipinski definition) is 2. The molecule has 0 aromatic heterocycles. The number of carbonyl (C=O) groups is 2. The summed E-state index contributed by atoms with van der Waals surface area (Å²) in [6, 6.07) is 7.84. The molecule has 0 unspecified atom stereocenters. The van der Waals surface area contributed by atoms with Gasteiger partial charge in [-0.25, -0.2) is 0 Å². The van der Waals surface area contributed by atoms with Crippen LogP contribution in [0, 0.1) is 0 Å². The lowest BCUT2D eigenvalue weighted by Crippen LogP contribution is -2.49. The van der Waals surface area contributed by atoms with E-state index in [0.717, 1.165) is 0 Å². The minimum atomic E-state index is -0.260. The monoisotopic (exact) mass is 275 g/mol. The van der Waals surface area contributed by atoms with Crippen LogP contribution in [0.5, 0.6) is 0 Å². The van der Waals surface area contributed by atoms with Crippen LogP contribution in [0.3, 0.4) is 0 Å². The Bertz CT molecular complexity index is 502. The number of nitrogens with zero attached hydrogens (tertiary/aromatic N) is 1. The smallest absolute Gasteiger partial charge is 0.241 e. The SMILES string of the molecule is CCN(C)C(=O)CNC(=O)[C@@H]1Cc2ccccc2CN1. The Balaban J connectivity index is 1.87. The first-order valence-corrected chi connectivity index (χ1v) is 6.93. The molecule has 5 nitrogen and oxygen atoms in total. The summed E-state index contributed by atoms with van der Waals surface area (Å²) in [6.07, 6.45) is 0.666. The van der Waals surface area contributed by atoms with Crippen LogP contribution >= 0.6 is 0 Å². The summed E-state index contributed by atoms with van der Waals surface area (Å²) in [7, 11) is 1.73. The van der Waals surface area contributed by atoms with E-state index in [4.69, 9.17) is 0 Å². The Morgan fingerprint density at radius 1 is 1.35 bits per heavy atom. The van der Waals surface area contributed by atoms with E-state index in [9.17, 15) is 9.59 Å². The fourth-order valence-electron chi connectivity index (χ4n) is 2.24. The van der Waals surface area contributed by atoms with Crippen molar-refractivity contribution in [3.8, 4) is 0 Å². The van der Waals surface area contributed by atoms with Crippen LogP contribution in [-0.2, 0) is 22.6 Å². The van der Waals surface area contributed by atoms with Crippen LogP contribution in [-0.4, -0.2) is 42.9 Å². The fraction of sp³-hybridized carbons (Fsp3) is 0.467. The van der Waals surface area contributed by atoms with Gasteiger partial charge in [-0.1, -0.05) is 24.3 Å². The highest BCUT2D eigenvalue weighted by molar-refractivity contribution is 5.87. The topological polar surface area (TPSA) is 61.4 Å². The summed E-state index contributed by atoms with van der Waals surface area (Å²) in [6.45, 7) is 3.29. The average molecular weight is 275 g/mol. The molecule has 1 aliphatic heterocycles. The zero-order valence-corrected chi connectivity index (χ0v) is 12.0. The van der Waals surface area contributed by atoms with Crippen molar-refractivity contribution in [2.75, 3.05) is 20.1 Å². The Hall–Kier alpha value is -1.88. The molecule has 2 N–H and O–H groups in total. The molecule has 2 amide bonds. The number of rotatable bonds is 4. The van der Waals surface area contributed by atoms with Gasteiger partial charge in [0.1, 0.15) is 0 Å². The lowest BCUT2D eigenvalue weighted by atomic mass is 9.95. The van der Waals surface area contributed by atoms with Crippen molar-refractivity contribution in [1.82, 2.24) is 15.5 Å². The van der Waals surface area contributed by atoms with Crippen molar-refractivity contribution in [3.05, 3.63) is 35.4 Å². The van der Waals surface area contributed by atoms with E-state index in [0.29, 0.717) is 19.5 Å². The van der Waals surface area contributed by atoms with Crippen molar-refractivity contribution in [1.29, 1.82) is 0 Å². The van der Waals surface area contributed by atoms with E-state index in [1.165, 1.54) is 11.1 Å². The van der Waals surface area contributed by atoms with Crippen LogP contribution in [0.1, 0.15) is 18.1 Å². The van der Waals surface area contributed by atoms with Gasteiger partial charge >= 0.3 is 0 Å². The molecule has 5 heteroatoms. The molecule has 0 radical (unpaired) electrons. The molecule has 1 heterocycles. The molecule has 1 atom stereocenters. The van der Waals surface area contributed by atoms with Gasteiger partial charge in [0.2, 0.25) is 11.8 Å². The highest BCUT2D eigenvalue weighted by Gasteiger charge is 2.24. The number of nitrogens with one attached hydrogen (secondary N) is 2. The van der Waals surface area contributed by atoms with E-state index in [-0.39, 0.29) is 24.4 Å². The Labute approximate surface area is 119 Å². The molecule has 1 aliphatic rings. The van der Waals surface area contributed by atoms with E-state index in [1.807, 2.05) is 25.1 Å². The first-order chi connectivity index (χ1) is 9.61. The molecule has 20 heavy (non-hydrogen) atoms. The third-order valence-electron chi connectivity index (χ3n) is 3.71. The van der Waals surface area contributed by atoms with Crippen molar-refractivity contribution >= 4 is 11.8 Å². The molecule has 0 fully saturated rings. The number of fused-ring (bicyclic) bond motifs is 1. The van der Waals surface area contributed by atoms with Crippen LogP contribution in [0.15, 0.2) is 24.3 Å². The van der Waals surface area contributed by atoms with Gasteiger partial charge in [-0.2, -0.15) is 0 Å². The summed E-state index contributed by atoms with van der Waals surface area (Å²) in [5.74, 6) is -0.186. The molecule has 0 aliphatic carbocycles. The maximum atomic E-state index is 12.1.